The van der Waals surface area contributed by atoms with Gasteiger partial charge in [-0.3, -0.25) is 4.99 Å². The van der Waals surface area contributed by atoms with E-state index in [1.165, 1.54) is 16.5 Å². The van der Waals surface area contributed by atoms with E-state index in [0.717, 1.165) is 70.4 Å². The number of fused-ring (bicyclic) bond motifs is 1. The molecule has 3 N–H and O–H groups in total. The van der Waals surface area contributed by atoms with Crippen LogP contribution < -0.4 is 10.6 Å². The molecule has 0 spiro atoms. The number of hydrogen-bond acceptors (Lipinski definition) is 4. The van der Waals surface area contributed by atoms with Crippen LogP contribution >= 0.6 is 24.0 Å². The summed E-state index contributed by atoms with van der Waals surface area (Å²) in [5.41, 5.74) is 2.49. The number of aliphatic imine (C=N–C) groups is 1. The van der Waals surface area contributed by atoms with Crippen molar-refractivity contribution >= 4 is 40.8 Å². The molecule has 0 amide bonds. The van der Waals surface area contributed by atoms with Crippen molar-refractivity contribution in [2.24, 2.45) is 4.99 Å². The van der Waals surface area contributed by atoms with E-state index in [4.69, 9.17) is 9.73 Å². The molecule has 2 aromatic heterocycles. The van der Waals surface area contributed by atoms with Gasteiger partial charge in [-0.25, -0.2) is 0 Å². The van der Waals surface area contributed by atoms with Gasteiger partial charge in [0.25, 0.3) is 0 Å². The largest absolute Gasteiger partial charge is 0.382 e. The predicted molar refractivity (Wildman–Crippen MR) is 136 cm³/mol. The molecule has 0 aliphatic rings. The molecule has 31 heavy (non-hydrogen) atoms. The van der Waals surface area contributed by atoms with E-state index in [9.17, 15) is 0 Å². The number of halogens is 1. The van der Waals surface area contributed by atoms with Gasteiger partial charge in [0.2, 0.25) is 0 Å². The first-order valence-electron chi connectivity index (χ1n) is 10.8. The van der Waals surface area contributed by atoms with Gasteiger partial charge in [0.05, 0.1) is 0 Å². The van der Waals surface area contributed by atoms with Gasteiger partial charge in [-0.1, -0.05) is 25.1 Å². The van der Waals surface area contributed by atoms with Crippen molar-refractivity contribution in [1.82, 2.24) is 30.4 Å². The van der Waals surface area contributed by atoms with E-state index in [1.54, 1.807) is 6.33 Å². The van der Waals surface area contributed by atoms with E-state index in [-0.39, 0.29) is 24.0 Å². The first-order chi connectivity index (χ1) is 14.8. The quantitative estimate of drug-likeness (QED) is 0.142. The highest BCUT2D eigenvalue weighted by Crippen LogP contribution is 2.17. The van der Waals surface area contributed by atoms with Crippen LogP contribution in [0.2, 0.25) is 0 Å². The normalized spacial score (nSPS) is 11.5. The van der Waals surface area contributed by atoms with E-state index < -0.39 is 0 Å². The lowest BCUT2D eigenvalue weighted by Crippen LogP contribution is -2.40. The number of H-pyrrole nitrogens is 1. The molecule has 0 saturated carbocycles. The number of benzene rings is 1. The van der Waals surface area contributed by atoms with Crippen molar-refractivity contribution in [2.45, 2.75) is 39.7 Å². The fourth-order valence-electron chi connectivity index (χ4n) is 3.36. The number of ether oxygens (including phenoxy) is 1. The summed E-state index contributed by atoms with van der Waals surface area (Å²) in [4.78, 5) is 8.04. The highest BCUT2D eigenvalue weighted by atomic mass is 127. The third-order valence-corrected chi connectivity index (χ3v) is 4.94. The molecule has 0 aliphatic heterocycles. The number of guanidine groups is 1. The summed E-state index contributed by atoms with van der Waals surface area (Å²) in [6, 6.07) is 8.40. The number of para-hydroxylation sites is 1. The summed E-state index contributed by atoms with van der Waals surface area (Å²) in [6.45, 7) is 8.69. The Balaban J connectivity index is 0.00000341. The van der Waals surface area contributed by atoms with Gasteiger partial charge in [-0.05, 0) is 31.4 Å². The van der Waals surface area contributed by atoms with Crippen molar-refractivity contribution in [2.75, 3.05) is 32.8 Å². The second kappa shape index (κ2) is 14.0. The molecule has 2 heterocycles. The van der Waals surface area contributed by atoms with Gasteiger partial charge in [0, 0.05) is 62.9 Å². The Bertz CT molecular complexity index is 921. The third kappa shape index (κ3) is 7.80. The van der Waals surface area contributed by atoms with Crippen LogP contribution in [0.25, 0.3) is 10.9 Å². The zero-order valence-electron chi connectivity index (χ0n) is 18.4. The van der Waals surface area contributed by atoms with E-state index in [0.29, 0.717) is 0 Å². The molecule has 9 heteroatoms. The maximum absolute atomic E-state index is 5.41. The zero-order valence-corrected chi connectivity index (χ0v) is 20.8. The number of nitrogens with one attached hydrogen (secondary N) is 3. The molecule has 3 rings (SSSR count). The summed E-state index contributed by atoms with van der Waals surface area (Å²) in [6.07, 6.45) is 6.59. The number of aromatic nitrogens is 4. The van der Waals surface area contributed by atoms with Crippen molar-refractivity contribution in [3.8, 4) is 0 Å². The second-order valence-electron chi connectivity index (χ2n) is 7.04. The number of hydrogen-bond donors (Lipinski definition) is 3. The van der Waals surface area contributed by atoms with Crippen molar-refractivity contribution in [1.29, 1.82) is 0 Å². The second-order valence-corrected chi connectivity index (χ2v) is 7.04. The predicted octanol–water partition coefficient (Wildman–Crippen LogP) is 3.14. The number of aromatic amines is 1. The standard InChI is InChI=1S/C22H33N7O.HI/c1-3-21-28-27-17-29(21)14-13-25-22(23-11-7-15-30-4-2)24-12-10-18-16-26-20-9-6-5-8-19(18)20;/h5-6,8-9,16-17,26H,3-4,7,10-15H2,1-2H3,(H2,23,24,25);1H. The van der Waals surface area contributed by atoms with Crippen molar-refractivity contribution in [3.05, 3.63) is 48.2 Å². The van der Waals surface area contributed by atoms with Crippen LogP contribution in [0.3, 0.4) is 0 Å². The molecule has 0 saturated heterocycles. The Hall–Kier alpha value is -2.14. The monoisotopic (exact) mass is 539 g/mol. The van der Waals surface area contributed by atoms with Gasteiger partial charge in [-0.15, -0.1) is 34.2 Å². The Morgan fingerprint density at radius 1 is 1.19 bits per heavy atom. The molecular weight excluding hydrogens is 505 g/mol. The van der Waals surface area contributed by atoms with Gasteiger partial charge in [-0.2, -0.15) is 0 Å². The van der Waals surface area contributed by atoms with Crippen LogP contribution in [-0.2, 0) is 24.1 Å². The van der Waals surface area contributed by atoms with E-state index in [2.05, 4.69) is 67.8 Å². The van der Waals surface area contributed by atoms with Gasteiger partial charge >= 0.3 is 0 Å². The van der Waals surface area contributed by atoms with Crippen LogP contribution in [0, 0.1) is 0 Å². The molecule has 0 aliphatic carbocycles. The SMILES string of the molecule is CCOCCCN=C(NCCc1c[nH]c2ccccc12)NCCn1cnnc1CC.I. The highest BCUT2D eigenvalue weighted by Gasteiger charge is 2.05. The molecular formula is C22H34IN7O. The van der Waals surface area contributed by atoms with Crippen LogP contribution in [0.1, 0.15) is 31.7 Å². The van der Waals surface area contributed by atoms with Gasteiger partial charge < -0.3 is 24.9 Å². The minimum atomic E-state index is 0. The average Bonchev–Trinajstić information content (AvgIpc) is 3.40. The molecule has 8 nitrogen and oxygen atoms in total. The molecule has 0 radical (unpaired) electrons. The van der Waals surface area contributed by atoms with Crippen molar-refractivity contribution < 1.29 is 4.74 Å². The Morgan fingerprint density at radius 3 is 2.87 bits per heavy atom. The summed E-state index contributed by atoms with van der Waals surface area (Å²) in [5, 5.41) is 16.3. The van der Waals surface area contributed by atoms with Crippen LogP contribution in [0.5, 0.6) is 0 Å². The number of rotatable bonds is 12. The van der Waals surface area contributed by atoms with Crippen LogP contribution in [-0.4, -0.2) is 58.6 Å². The molecule has 0 atom stereocenters. The van der Waals surface area contributed by atoms with Crippen LogP contribution in [0.4, 0.5) is 0 Å². The van der Waals surface area contributed by atoms with E-state index in [1.807, 2.05) is 6.92 Å². The first-order valence-corrected chi connectivity index (χ1v) is 10.8. The van der Waals surface area contributed by atoms with Crippen LogP contribution in [0.15, 0.2) is 41.8 Å². The zero-order chi connectivity index (χ0) is 21.0. The van der Waals surface area contributed by atoms with Gasteiger partial charge in [0.1, 0.15) is 12.2 Å². The molecule has 170 valence electrons. The minimum absolute atomic E-state index is 0. The number of nitrogens with zero attached hydrogens (tertiary/aromatic N) is 4. The number of aryl methyl sites for hydroxylation is 1. The maximum atomic E-state index is 5.41. The highest BCUT2D eigenvalue weighted by molar-refractivity contribution is 14.0. The summed E-state index contributed by atoms with van der Waals surface area (Å²) in [5.74, 6) is 1.83. The lowest BCUT2D eigenvalue weighted by Gasteiger charge is -2.13. The van der Waals surface area contributed by atoms with Gasteiger partial charge in [0.15, 0.2) is 5.96 Å². The summed E-state index contributed by atoms with van der Waals surface area (Å²) >= 11 is 0. The molecule has 0 unspecified atom stereocenters. The molecule has 1 aromatic carbocycles. The van der Waals surface area contributed by atoms with Crippen molar-refractivity contribution in [3.63, 3.8) is 0 Å². The Labute approximate surface area is 201 Å². The maximum Gasteiger partial charge on any atom is 0.191 e. The first kappa shape index (κ1) is 25.1. The minimum Gasteiger partial charge on any atom is -0.382 e. The Morgan fingerprint density at radius 2 is 2.03 bits per heavy atom. The smallest absolute Gasteiger partial charge is 0.191 e. The Kier molecular flexibility index (Phi) is 11.4. The summed E-state index contributed by atoms with van der Waals surface area (Å²) in [7, 11) is 0. The third-order valence-electron chi connectivity index (χ3n) is 4.94. The molecule has 0 bridgehead atoms. The average molecular weight is 539 g/mol. The fraction of sp³-hybridized carbons (Fsp3) is 0.500. The fourth-order valence-corrected chi connectivity index (χ4v) is 3.36. The molecule has 0 fully saturated rings. The topological polar surface area (TPSA) is 92.2 Å². The lowest BCUT2D eigenvalue weighted by atomic mass is 10.1. The lowest BCUT2D eigenvalue weighted by molar-refractivity contribution is 0.146. The molecule has 3 aromatic rings. The van der Waals surface area contributed by atoms with E-state index >= 15 is 0 Å². The summed E-state index contributed by atoms with van der Waals surface area (Å²) < 4.78 is 7.49.